The fourth-order valence-electron chi connectivity index (χ4n) is 1.53. The number of anilines is 1. The van der Waals surface area contributed by atoms with Crippen molar-refractivity contribution in [1.29, 1.82) is 5.26 Å². The lowest BCUT2D eigenvalue weighted by atomic mass is 9.93. The number of halogens is 2. The average molecular weight is 208 g/mol. The van der Waals surface area contributed by atoms with Crippen molar-refractivity contribution < 1.29 is 8.78 Å². The first-order valence-electron chi connectivity index (χ1n) is 4.86. The zero-order chi connectivity index (χ0) is 10.8. The highest BCUT2D eigenvalue weighted by Crippen LogP contribution is 2.27. The second-order valence-corrected chi connectivity index (χ2v) is 3.70. The molecule has 0 bridgehead atoms. The number of nitrogens with one attached hydrogen (secondary N) is 1. The highest BCUT2D eigenvalue weighted by molar-refractivity contribution is 5.51. The van der Waals surface area contributed by atoms with Crippen molar-refractivity contribution in [2.75, 3.05) is 5.32 Å². The van der Waals surface area contributed by atoms with E-state index in [4.69, 9.17) is 5.26 Å². The van der Waals surface area contributed by atoms with Gasteiger partial charge in [0.1, 0.15) is 5.69 Å². The second-order valence-electron chi connectivity index (χ2n) is 3.70. The van der Waals surface area contributed by atoms with Crippen LogP contribution < -0.4 is 5.32 Å². The van der Waals surface area contributed by atoms with Gasteiger partial charge >= 0.3 is 0 Å². The van der Waals surface area contributed by atoms with Crippen molar-refractivity contribution in [3.05, 3.63) is 29.3 Å². The molecule has 0 saturated heterocycles. The van der Waals surface area contributed by atoms with Gasteiger partial charge in [0.25, 0.3) is 0 Å². The van der Waals surface area contributed by atoms with Gasteiger partial charge in [-0.15, -0.1) is 0 Å². The van der Waals surface area contributed by atoms with Crippen LogP contribution in [0, 0.1) is 23.0 Å². The lowest BCUT2D eigenvalue weighted by molar-refractivity contribution is 0.440. The van der Waals surface area contributed by atoms with Crippen LogP contribution in [0.25, 0.3) is 0 Å². The minimum absolute atomic E-state index is 0.00385. The summed E-state index contributed by atoms with van der Waals surface area (Å²) < 4.78 is 26.7. The van der Waals surface area contributed by atoms with Gasteiger partial charge in [0.05, 0.1) is 11.6 Å². The predicted octanol–water partition coefficient (Wildman–Crippen LogP) is 2.80. The summed E-state index contributed by atoms with van der Waals surface area (Å²) in [5.74, 6) is -1.39. The Morgan fingerprint density at radius 3 is 2.27 bits per heavy atom. The van der Waals surface area contributed by atoms with Crippen LogP contribution in [0.2, 0.25) is 0 Å². The van der Waals surface area contributed by atoms with Gasteiger partial charge in [-0.2, -0.15) is 5.26 Å². The van der Waals surface area contributed by atoms with Gasteiger partial charge in [-0.25, -0.2) is 8.78 Å². The molecule has 0 spiro atoms. The third-order valence-corrected chi connectivity index (χ3v) is 2.62. The number of rotatable bonds is 2. The van der Waals surface area contributed by atoms with Gasteiger partial charge in [0.15, 0.2) is 11.6 Å². The summed E-state index contributed by atoms with van der Waals surface area (Å²) in [6, 6.07) is 3.97. The molecule has 0 heterocycles. The molecular formula is C11H10F2N2. The summed E-state index contributed by atoms with van der Waals surface area (Å²) in [5.41, 5.74) is -0.108. The van der Waals surface area contributed by atoms with Crippen molar-refractivity contribution in [3.63, 3.8) is 0 Å². The van der Waals surface area contributed by atoms with E-state index in [1.165, 1.54) is 0 Å². The Bertz CT molecular complexity index is 396. The molecule has 15 heavy (non-hydrogen) atoms. The molecule has 1 fully saturated rings. The summed E-state index contributed by atoms with van der Waals surface area (Å²) in [6.45, 7) is 0. The van der Waals surface area contributed by atoms with Crippen LogP contribution in [0.15, 0.2) is 12.1 Å². The minimum Gasteiger partial charge on any atom is -0.378 e. The molecule has 0 aliphatic heterocycles. The molecule has 1 aromatic rings. The van der Waals surface area contributed by atoms with Crippen LogP contribution in [0.1, 0.15) is 24.8 Å². The molecule has 2 nitrogen and oxygen atoms in total. The summed E-state index contributed by atoms with van der Waals surface area (Å²) in [4.78, 5) is 0. The largest absolute Gasteiger partial charge is 0.378 e. The molecule has 4 heteroatoms. The molecule has 1 saturated carbocycles. The summed E-state index contributed by atoms with van der Waals surface area (Å²) in [6.07, 6.45) is 2.98. The van der Waals surface area contributed by atoms with Crippen molar-refractivity contribution in [2.24, 2.45) is 0 Å². The first kappa shape index (κ1) is 9.91. The van der Waals surface area contributed by atoms with Crippen molar-refractivity contribution in [1.82, 2.24) is 0 Å². The number of nitrogens with zero attached hydrogens (tertiary/aromatic N) is 1. The van der Waals surface area contributed by atoms with E-state index in [1.807, 2.05) is 0 Å². The molecule has 0 amide bonds. The average Bonchev–Trinajstić information content (AvgIpc) is 2.13. The Hall–Kier alpha value is -1.63. The Morgan fingerprint density at radius 1 is 1.27 bits per heavy atom. The van der Waals surface area contributed by atoms with E-state index in [-0.39, 0.29) is 17.3 Å². The lowest BCUT2D eigenvalue weighted by Gasteiger charge is -2.27. The first-order chi connectivity index (χ1) is 7.20. The molecule has 0 atom stereocenters. The molecule has 1 aliphatic rings. The first-order valence-corrected chi connectivity index (χ1v) is 4.86. The monoisotopic (exact) mass is 208 g/mol. The summed E-state index contributed by atoms with van der Waals surface area (Å²) in [5, 5.41) is 11.3. The van der Waals surface area contributed by atoms with Crippen LogP contribution in [0.4, 0.5) is 14.5 Å². The zero-order valence-corrected chi connectivity index (χ0v) is 8.06. The fraction of sp³-hybridized carbons (Fsp3) is 0.364. The van der Waals surface area contributed by atoms with Crippen LogP contribution in [0.5, 0.6) is 0 Å². The zero-order valence-electron chi connectivity index (χ0n) is 8.06. The lowest BCUT2D eigenvalue weighted by Crippen LogP contribution is -2.28. The van der Waals surface area contributed by atoms with Crippen molar-refractivity contribution in [3.8, 4) is 6.07 Å². The Kier molecular flexibility index (Phi) is 2.55. The van der Waals surface area contributed by atoms with Crippen LogP contribution in [0.3, 0.4) is 0 Å². The molecule has 1 N–H and O–H groups in total. The number of hydrogen-bond donors (Lipinski definition) is 1. The molecule has 2 rings (SSSR count). The van der Waals surface area contributed by atoms with Crippen LogP contribution in [-0.2, 0) is 0 Å². The maximum Gasteiger partial charge on any atom is 0.150 e. The van der Waals surface area contributed by atoms with Gasteiger partial charge in [-0.3, -0.25) is 0 Å². The van der Waals surface area contributed by atoms with Gasteiger partial charge in [-0.1, -0.05) is 0 Å². The predicted molar refractivity (Wildman–Crippen MR) is 52.3 cm³/mol. The van der Waals surface area contributed by atoms with E-state index in [0.29, 0.717) is 0 Å². The second kappa shape index (κ2) is 3.85. The third-order valence-electron chi connectivity index (χ3n) is 2.62. The van der Waals surface area contributed by atoms with Gasteiger partial charge in [-0.05, 0) is 31.4 Å². The molecule has 0 radical (unpaired) electrons. The highest BCUT2D eigenvalue weighted by atomic mass is 19.1. The molecule has 0 aromatic heterocycles. The Labute approximate surface area is 86.5 Å². The quantitative estimate of drug-likeness (QED) is 0.811. The number of benzene rings is 1. The van der Waals surface area contributed by atoms with Gasteiger partial charge in [0, 0.05) is 6.04 Å². The normalized spacial score (nSPS) is 15.5. The Morgan fingerprint density at radius 2 is 1.87 bits per heavy atom. The number of nitriles is 1. The maximum atomic E-state index is 13.4. The van der Waals surface area contributed by atoms with E-state index in [9.17, 15) is 8.78 Å². The third kappa shape index (κ3) is 1.91. The molecule has 1 aliphatic carbocycles. The van der Waals surface area contributed by atoms with Crippen LogP contribution >= 0.6 is 0 Å². The minimum atomic E-state index is -0.696. The van der Waals surface area contributed by atoms with E-state index in [1.54, 1.807) is 6.07 Å². The van der Waals surface area contributed by atoms with E-state index < -0.39 is 11.6 Å². The maximum absolute atomic E-state index is 13.4. The van der Waals surface area contributed by atoms with Crippen LogP contribution in [-0.4, -0.2) is 6.04 Å². The summed E-state index contributed by atoms with van der Waals surface area (Å²) >= 11 is 0. The Balaban J connectivity index is 2.26. The van der Waals surface area contributed by atoms with E-state index in [0.717, 1.165) is 31.4 Å². The summed E-state index contributed by atoms with van der Waals surface area (Å²) in [7, 11) is 0. The molecule has 1 aromatic carbocycles. The van der Waals surface area contributed by atoms with Gasteiger partial charge in [0.2, 0.25) is 0 Å². The topological polar surface area (TPSA) is 35.8 Å². The highest BCUT2D eigenvalue weighted by Gasteiger charge is 2.20. The molecular weight excluding hydrogens is 198 g/mol. The molecule has 0 unspecified atom stereocenters. The van der Waals surface area contributed by atoms with E-state index >= 15 is 0 Å². The van der Waals surface area contributed by atoms with E-state index in [2.05, 4.69) is 5.32 Å². The molecule has 78 valence electrons. The van der Waals surface area contributed by atoms with Gasteiger partial charge < -0.3 is 5.32 Å². The number of hydrogen-bond acceptors (Lipinski definition) is 2. The SMILES string of the molecule is N#Cc1cc(F)c(NC2CCC2)c(F)c1. The van der Waals surface area contributed by atoms with Crippen molar-refractivity contribution >= 4 is 5.69 Å². The smallest absolute Gasteiger partial charge is 0.150 e. The standard InChI is InChI=1S/C11H10F2N2/c12-9-4-7(6-14)5-10(13)11(9)15-8-2-1-3-8/h4-5,8,15H,1-3H2. The van der Waals surface area contributed by atoms with Crippen molar-refractivity contribution in [2.45, 2.75) is 25.3 Å². The fourth-order valence-corrected chi connectivity index (χ4v) is 1.53.